The van der Waals surface area contributed by atoms with Crippen LogP contribution in [0.5, 0.6) is 11.5 Å². The molecule has 50 heavy (non-hydrogen) atoms. The number of nitrogens with zero attached hydrogens (tertiary/aromatic N) is 3. The third-order valence-electron chi connectivity index (χ3n) is 8.14. The van der Waals surface area contributed by atoms with Crippen molar-refractivity contribution in [1.29, 1.82) is 0 Å². The maximum absolute atomic E-state index is 14.8. The summed E-state index contributed by atoms with van der Waals surface area (Å²) >= 11 is 6.30. The number of sulfonamides is 1. The predicted molar refractivity (Wildman–Crippen MR) is 191 cm³/mol. The average Bonchev–Trinajstić information content (AvgIpc) is 3.52. The van der Waals surface area contributed by atoms with Gasteiger partial charge in [-0.25, -0.2) is 12.8 Å². The molecule has 0 saturated heterocycles. The van der Waals surface area contributed by atoms with Crippen molar-refractivity contribution in [3.05, 3.63) is 148 Å². The molecule has 5 aromatic carbocycles. The second kappa shape index (κ2) is 15.1. The Morgan fingerprint density at radius 1 is 0.840 bits per heavy atom. The fourth-order valence-corrected chi connectivity index (χ4v) is 7.37. The minimum atomic E-state index is -4.25. The first-order valence-electron chi connectivity index (χ1n) is 15.7. The zero-order valence-electron chi connectivity index (χ0n) is 27.3. The molecule has 0 aliphatic carbocycles. The van der Waals surface area contributed by atoms with Gasteiger partial charge in [-0.05, 0) is 76.9 Å². The lowest BCUT2D eigenvalue weighted by Gasteiger charge is -2.23. The molecule has 9 nitrogen and oxygen atoms in total. The lowest BCUT2D eigenvalue weighted by atomic mass is 10.1. The summed E-state index contributed by atoms with van der Waals surface area (Å²) in [6.07, 6.45) is 1.64. The number of hydrogen-bond acceptors (Lipinski definition) is 6. The van der Waals surface area contributed by atoms with Crippen LogP contribution in [-0.2, 0) is 40.9 Å². The Bertz CT molecular complexity index is 2180. The van der Waals surface area contributed by atoms with Gasteiger partial charge in [0.25, 0.3) is 0 Å². The third-order valence-corrected chi connectivity index (χ3v) is 10.3. The standard InChI is InChI=1S/C38H34ClFN4O5S/c1-48-32-15-9-27(10-16-32)23-44(24-28-11-17-33(49-2)18-12-28)50(46,47)37-21-31(41-38(45)19-29-5-3-4-6-35(29)39)20-36-34(37)25-43(42-36)22-26-7-13-30(40)14-8-26/h3-18,20-21,25H,19,22-24H2,1-2H3,(H,41,45). The number of methoxy groups -OCH3 is 2. The molecule has 256 valence electrons. The van der Waals surface area contributed by atoms with Gasteiger partial charge >= 0.3 is 0 Å². The third kappa shape index (κ3) is 8.14. The molecule has 0 radical (unpaired) electrons. The fourth-order valence-electron chi connectivity index (χ4n) is 5.54. The van der Waals surface area contributed by atoms with E-state index in [0.29, 0.717) is 33.0 Å². The van der Waals surface area contributed by atoms with E-state index in [0.717, 1.165) is 16.7 Å². The van der Waals surface area contributed by atoms with Crippen LogP contribution in [0.15, 0.2) is 120 Å². The molecule has 0 saturated carbocycles. The van der Waals surface area contributed by atoms with Crippen LogP contribution >= 0.6 is 11.6 Å². The quantitative estimate of drug-likeness (QED) is 0.133. The van der Waals surface area contributed by atoms with E-state index in [-0.39, 0.29) is 48.4 Å². The summed E-state index contributed by atoms with van der Waals surface area (Å²) in [5.74, 6) is 0.557. The molecule has 0 bridgehead atoms. The molecule has 12 heteroatoms. The Labute approximate surface area is 294 Å². The SMILES string of the molecule is COc1ccc(CN(Cc2ccc(OC)cc2)S(=O)(=O)c2cc(NC(=O)Cc3ccccc3Cl)cc3nn(Cc4ccc(F)cc4)cc23)cc1. The first-order valence-corrected chi connectivity index (χ1v) is 17.5. The lowest BCUT2D eigenvalue weighted by Crippen LogP contribution is -2.30. The molecule has 1 amide bonds. The predicted octanol–water partition coefficient (Wildman–Crippen LogP) is 7.47. The van der Waals surface area contributed by atoms with E-state index in [4.69, 9.17) is 21.1 Å². The van der Waals surface area contributed by atoms with Crippen LogP contribution in [0.1, 0.15) is 22.3 Å². The van der Waals surface area contributed by atoms with Crippen LogP contribution in [0.3, 0.4) is 0 Å². The molecule has 1 N–H and O–H groups in total. The monoisotopic (exact) mass is 712 g/mol. The number of halogens is 2. The van der Waals surface area contributed by atoms with Gasteiger partial charge in [0.05, 0.1) is 37.6 Å². The number of nitrogens with one attached hydrogen (secondary N) is 1. The molecule has 6 aromatic rings. The fraction of sp³-hybridized carbons (Fsp3) is 0.158. The van der Waals surface area contributed by atoms with Gasteiger partial charge in [-0.15, -0.1) is 0 Å². The summed E-state index contributed by atoms with van der Waals surface area (Å²) in [4.78, 5) is 13.2. The minimum Gasteiger partial charge on any atom is -0.497 e. The van der Waals surface area contributed by atoms with E-state index in [9.17, 15) is 17.6 Å². The molecule has 6 rings (SSSR count). The molecule has 0 spiro atoms. The van der Waals surface area contributed by atoms with E-state index in [1.165, 1.54) is 22.5 Å². The first kappa shape index (κ1) is 34.6. The second-order valence-corrected chi connectivity index (χ2v) is 14.0. The van der Waals surface area contributed by atoms with Gasteiger partial charge < -0.3 is 14.8 Å². The number of aromatic nitrogens is 2. The number of anilines is 1. The van der Waals surface area contributed by atoms with Crippen molar-refractivity contribution in [2.75, 3.05) is 19.5 Å². The van der Waals surface area contributed by atoms with Crippen LogP contribution in [0.25, 0.3) is 10.9 Å². The number of benzene rings is 5. The van der Waals surface area contributed by atoms with Crippen molar-refractivity contribution in [3.8, 4) is 11.5 Å². The highest BCUT2D eigenvalue weighted by Gasteiger charge is 2.29. The smallest absolute Gasteiger partial charge is 0.244 e. The molecule has 0 aliphatic heterocycles. The van der Waals surface area contributed by atoms with Gasteiger partial charge in [-0.1, -0.05) is 66.2 Å². The van der Waals surface area contributed by atoms with E-state index >= 15 is 0 Å². The highest BCUT2D eigenvalue weighted by atomic mass is 35.5. The van der Waals surface area contributed by atoms with Crippen molar-refractivity contribution < 1.29 is 27.1 Å². The van der Waals surface area contributed by atoms with Gasteiger partial charge in [-0.2, -0.15) is 9.40 Å². The molecule has 0 aliphatic rings. The maximum Gasteiger partial charge on any atom is 0.244 e. The van der Waals surface area contributed by atoms with Crippen LogP contribution in [-0.4, -0.2) is 42.6 Å². The number of carbonyl (C=O) groups is 1. The van der Waals surface area contributed by atoms with Crippen molar-refractivity contribution in [2.24, 2.45) is 0 Å². The number of fused-ring (bicyclic) bond motifs is 1. The van der Waals surface area contributed by atoms with Crippen molar-refractivity contribution in [2.45, 2.75) is 31.0 Å². The topological polar surface area (TPSA) is 103 Å². The van der Waals surface area contributed by atoms with Gasteiger partial charge in [0, 0.05) is 35.4 Å². The van der Waals surface area contributed by atoms with E-state index in [2.05, 4.69) is 10.4 Å². The van der Waals surface area contributed by atoms with E-state index in [1.54, 1.807) is 91.8 Å². The molecule has 0 unspecified atom stereocenters. The summed E-state index contributed by atoms with van der Waals surface area (Å²) in [6.45, 7) is 0.364. The first-order chi connectivity index (χ1) is 24.1. The number of ether oxygens (including phenoxy) is 2. The van der Waals surface area contributed by atoms with Crippen LogP contribution < -0.4 is 14.8 Å². The summed E-state index contributed by atoms with van der Waals surface area (Å²) < 4.78 is 56.9. The van der Waals surface area contributed by atoms with E-state index in [1.807, 2.05) is 24.3 Å². The van der Waals surface area contributed by atoms with Gasteiger partial charge in [-0.3, -0.25) is 9.48 Å². The van der Waals surface area contributed by atoms with Gasteiger partial charge in [0.1, 0.15) is 17.3 Å². The maximum atomic E-state index is 14.8. The average molecular weight is 713 g/mol. The number of rotatable bonds is 13. The molecule has 1 aromatic heterocycles. The largest absolute Gasteiger partial charge is 0.497 e. The van der Waals surface area contributed by atoms with Crippen LogP contribution in [0.2, 0.25) is 5.02 Å². The van der Waals surface area contributed by atoms with Crippen molar-refractivity contribution >= 4 is 44.1 Å². The highest BCUT2D eigenvalue weighted by molar-refractivity contribution is 7.89. The molecular weight excluding hydrogens is 679 g/mol. The molecule has 0 atom stereocenters. The lowest BCUT2D eigenvalue weighted by molar-refractivity contribution is -0.115. The molecular formula is C38H34ClFN4O5S. The molecule has 1 heterocycles. The number of carbonyl (C=O) groups excluding carboxylic acids is 1. The minimum absolute atomic E-state index is 0.0140. The number of amides is 1. The van der Waals surface area contributed by atoms with Crippen LogP contribution in [0.4, 0.5) is 10.1 Å². The Balaban J connectivity index is 1.42. The van der Waals surface area contributed by atoms with Gasteiger partial charge in [0.15, 0.2) is 0 Å². The summed E-state index contributed by atoms with van der Waals surface area (Å²) in [5.41, 5.74) is 3.52. The Morgan fingerprint density at radius 2 is 1.42 bits per heavy atom. The zero-order valence-corrected chi connectivity index (χ0v) is 28.9. The van der Waals surface area contributed by atoms with Crippen LogP contribution in [0, 0.1) is 5.82 Å². The summed E-state index contributed by atoms with van der Waals surface area (Å²) in [5, 5.41) is 8.35. The molecule has 0 fully saturated rings. The Morgan fingerprint density at radius 3 is 2.00 bits per heavy atom. The zero-order chi connectivity index (χ0) is 35.3. The van der Waals surface area contributed by atoms with Crippen molar-refractivity contribution in [3.63, 3.8) is 0 Å². The Kier molecular flexibility index (Phi) is 10.5. The second-order valence-electron chi connectivity index (χ2n) is 11.6. The van der Waals surface area contributed by atoms with Gasteiger partial charge in [0.2, 0.25) is 15.9 Å². The normalized spacial score (nSPS) is 11.5. The van der Waals surface area contributed by atoms with Crippen molar-refractivity contribution in [1.82, 2.24) is 14.1 Å². The van der Waals surface area contributed by atoms with E-state index < -0.39 is 10.0 Å². The highest BCUT2D eigenvalue weighted by Crippen LogP contribution is 2.32. The number of hydrogen-bond donors (Lipinski definition) is 1. The Hall–Kier alpha value is -5.23. The summed E-state index contributed by atoms with van der Waals surface area (Å²) in [6, 6.07) is 30.5. The summed E-state index contributed by atoms with van der Waals surface area (Å²) in [7, 11) is -1.12.